The highest BCUT2D eigenvalue weighted by molar-refractivity contribution is 5.98. The van der Waals surface area contributed by atoms with Crippen LogP contribution >= 0.6 is 0 Å². The molecule has 0 aliphatic carbocycles. The molecule has 0 radical (unpaired) electrons. The highest BCUT2D eigenvalue weighted by atomic mass is 16.2. The van der Waals surface area contributed by atoms with E-state index in [0.717, 1.165) is 36.0 Å². The minimum Gasteiger partial charge on any atom is -0.329 e. The van der Waals surface area contributed by atoms with E-state index in [0.29, 0.717) is 12.1 Å². The van der Waals surface area contributed by atoms with Crippen LogP contribution in [0, 0.1) is 20.8 Å². The molecule has 1 saturated heterocycles. The summed E-state index contributed by atoms with van der Waals surface area (Å²) in [5, 5.41) is 0. The average Bonchev–Trinajstić information content (AvgIpc) is 2.58. The fourth-order valence-corrected chi connectivity index (χ4v) is 3.69. The molecule has 1 aromatic carbocycles. The van der Waals surface area contributed by atoms with Crippen LogP contribution < -0.4 is 0 Å². The summed E-state index contributed by atoms with van der Waals surface area (Å²) >= 11 is 0. The Kier molecular flexibility index (Phi) is 2.96. The summed E-state index contributed by atoms with van der Waals surface area (Å²) < 4.78 is 0. The molecule has 1 aromatic rings. The fourth-order valence-electron chi connectivity index (χ4n) is 3.69. The van der Waals surface area contributed by atoms with Crippen LogP contribution in [0.5, 0.6) is 0 Å². The normalized spacial score (nSPS) is 24.9. The third kappa shape index (κ3) is 1.99. The van der Waals surface area contributed by atoms with Gasteiger partial charge >= 0.3 is 0 Å². The molecule has 2 bridgehead atoms. The van der Waals surface area contributed by atoms with E-state index in [1.165, 1.54) is 5.56 Å². The molecule has 2 unspecified atom stereocenters. The maximum atomic E-state index is 12.9. The summed E-state index contributed by atoms with van der Waals surface area (Å²) in [6, 6.07) is 4.97. The van der Waals surface area contributed by atoms with E-state index in [1.807, 2.05) is 0 Å². The quantitative estimate of drug-likeness (QED) is 0.703. The minimum absolute atomic E-state index is 0.229. The number of benzene rings is 1. The lowest BCUT2D eigenvalue weighted by molar-refractivity contribution is 0.0687. The fraction of sp³-hybridized carbons (Fsp3) is 0.471. The first-order chi connectivity index (χ1) is 9.08. The second-order valence-electron chi connectivity index (χ2n) is 5.95. The number of hydrogen-bond acceptors (Lipinski definition) is 1. The number of fused-ring (bicyclic) bond motifs is 2. The molecule has 2 aliphatic heterocycles. The van der Waals surface area contributed by atoms with Gasteiger partial charge in [0, 0.05) is 11.6 Å². The molecule has 2 heterocycles. The highest BCUT2D eigenvalue weighted by Gasteiger charge is 2.38. The van der Waals surface area contributed by atoms with Gasteiger partial charge in [-0.15, -0.1) is 0 Å². The van der Waals surface area contributed by atoms with Gasteiger partial charge in [-0.3, -0.25) is 4.79 Å². The third-order valence-electron chi connectivity index (χ3n) is 4.44. The highest BCUT2D eigenvalue weighted by Crippen LogP contribution is 2.33. The maximum absolute atomic E-state index is 12.9. The van der Waals surface area contributed by atoms with Crippen molar-refractivity contribution in [1.82, 2.24) is 4.90 Å². The first kappa shape index (κ1) is 12.5. The number of nitrogens with zero attached hydrogens (tertiary/aromatic N) is 1. The molecule has 0 aromatic heterocycles. The van der Waals surface area contributed by atoms with E-state index in [9.17, 15) is 4.79 Å². The Hall–Kier alpha value is -1.57. The van der Waals surface area contributed by atoms with Crippen LogP contribution in [0.1, 0.15) is 46.3 Å². The van der Waals surface area contributed by atoms with Crippen molar-refractivity contribution >= 4 is 5.91 Å². The van der Waals surface area contributed by atoms with Crippen molar-refractivity contribution in [3.63, 3.8) is 0 Å². The van der Waals surface area contributed by atoms with Gasteiger partial charge in [0.2, 0.25) is 0 Å². The monoisotopic (exact) mass is 255 g/mol. The van der Waals surface area contributed by atoms with Gasteiger partial charge in [-0.25, -0.2) is 0 Å². The Balaban J connectivity index is 1.99. The first-order valence-corrected chi connectivity index (χ1v) is 7.15. The van der Waals surface area contributed by atoms with Crippen molar-refractivity contribution in [1.29, 1.82) is 0 Å². The van der Waals surface area contributed by atoms with E-state index in [1.54, 1.807) is 0 Å². The first-order valence-electron chi connectivity index (χ1n) is 7.15. The molecule has 2 atom stereocenters. The predicted molar refractivity (Wildman–Crippen MR) is 77.4 cm³/mol. The van der Waals surface area contributed by atoms with Crippen molar-refractivity contribution in [3.05, 3.63) is 46.5 Å². The lowest BCUT2D eigenvalue weighted by Gasteiger charge is -2.32. The number of carbonyl (C=O) groups is 1. The van der Waals surface area contributed by atoms with E-state index in [2.05, 4.69) is 50.0 Å². The van der Waals surface area contributed by atoms with Crippen LogP contribution in [0.15, 0.2) is 24.3 Å². The van der Waals surface area contributed by atoms with E-state index in [4.69, 9.17) is 0 Å². The van der Waals surface area contributed by atoms with Crippen LogP contribution in [0.25, 0.3) is 0 Å². The van der Waals surface area contributed by atoms with E-state index in [-0.39, 0.29) is 5.91 Å². The number of rotatable bonds is 1. The predicted octanol–water partition coefficient (Wildman–Crippen LogP) is 3.54. The molecule has 2 nitrogen and oxygen atoms in total. The molecule has 19 heavy (non-hydrogen) atoms. The van der Waals surface area contributed by atoms with Crippen LogP contribution in [0.2, 0.25) is 0 Å². The summed E-state index contributed by atoms with van der Waals surface area (Å²) in [5.74, 6) is 0.229. The summed E-state index contributed by atoms with van der Waals surface area (Å²) in [7, 11) is 0. The van der Waals surface area contributed by atoms with Gasteiger partial charge in [-0.1, -0.05) is 29.8 Å². The topological polar surface area (TPSA) is 20.3 Å². The Morgan fingerprint density at radius 3 is 2.47 bits per heavy atom. The Morgan fingerprint density at radius 1 is 1.16 bits per heavy atom. The molecular weight excluding hydrogens is 234 g/mol. The molecule has 2 aliphatic rings. The van der Waals surface area contributed by atoms with Crippen molar-refractivity contribution in [3.8, 4) is 0 Å². The molecule has 0 N–H and O–H groups in total. The maximum Gasteiger partial charge on any atom is 0.255 e. The van der Waals surface area contributed by atoms with Crippen molar-refractivity contribution in [2.24, 2.45) is 0 Å². The van der Waals surface area contributed by atoms with Gasteiger partial charge in [0.1, 0.15) is 0 Å². The number of hydrogen-bond donors (Lipinski definition) is 0. The summed E-state index contributed by atoms with van der Waals surface area (Å²) in [6.45, 7) is 6.19. The molecule has 0 spiro atoms. The third-order valence-corrected chi connectivity index (χ3v) is 4.44. The van der Waals surface area contributed by atoms with Gasteiger partial charge < -0.3 is 4.90 Å². The summed E-state index contributed by atoms with van der Waals surface area (Å²) in [6.07, 6.45) is 7.73. The van der Waals surface area contributed by atoms with Crippen LogP contribution in [0.4, 0.5) is 0 Å². The van der Waals surface area contributed by atoms with Gasteiger partial charge in [-0.2, -0.15) is 0 Å². The average molecular weight is 255 g/mol. The molecule has 3 rings (SSSR count). The van der Waals surface area contributed by atoms with Crippen LogP contribution in [-0.4, -0.2) is 22.9 Å². The minimum atomic E-state index is 0.229. The van der Waals surface area contributed by atoms with Gasteiger partial charge in [-0.05, 0) is 51.2 Å². The zero-order chi connectivity index (χ0) is 13.6. The lowest BCUT2D eigenvalue weighted by atomic mass is 9.97. The van der Waals surface area contributed by atoms with Gasteiger partial charge in [0.25, 0.3) is 5.91 Å². The second-order valence-corrected chi connectivity index (χ2v) is 5.95. The lowest BCUT2D eigenvalue weighted by Crippen LogP contribution is -2.42. The standard InChI is InChI=1S/C17H21NO/c1-11-9-12(2)16(13(3)10-11)17(19)18-14-5-4-6-15(18)8-7-14/h4-5,9-10,14-15H,6-8H2,1-3H3. The SMILES string of the molecule is Cc1cc(C)c(C(=O)N2C3C=CCC2CC3)c(C)c1. The van der Waals surface area contributed by atoms with Crippen molar-refractivity contribution in [2.75, 3.05) is 0 Å². The van der Waals surface area contributed by atoms with Crippen molar-refractivity contribution < 1.29 is 4.79 Å². The van der Waals surface area contributed by atoms with E-state index >= 15 is 0 Å². The number of carbonyl (C=O) groups excluding carboxylic acids is 1. The van der Waals surface area contributed by atoms with Crippen molar-refractivity contribution in [2.45, 2.75) is 52.1 Å². The smallest absolute Gasteiger partial charge is 0.255 e. The molecule has 100 valence electrons. The number of amides is 1. The molecule has 1 amide bonds. The zero-order valence-corrected chi connectivity index (χ0v) is 11.9. The van der Waals surface area contributed by atoms with Crippen LogP contribution in [-0.2, 0) is 0 Å². The Morgan fingerprint density at radius 2 is 1.84 bits per heavy atom. The summed E-state index contributed by atoms with van der Waals surface area (Å²) in [4.78, 5) is 15.0. The molecule has 2 heteroatoms. The van der Waals surface area contributed by atoms with Gasteiger partial charge in [0.05, 0.1) is 6.04 Å². The van der Waals surface area contributed by atoms with E-state index < -0.39 is 0 Å². The molecule has 1 fully saturated rings. The largest absolute Gasteiger partial charge is 0.329 e. The Labute approximate surface area is 115 Å². The zero-order valence-electron chi connectivity index (χ0n) is 11.9. The van der Waals surface area contributed by atoms with Gasteiger partial charge in [0.15, 0.2) is 0 Å². The van der Waals surface area contributed by atoms with Crippen LogP contribution in [0.3, 0.4) is 0 Å². The molecule has 0 saturated carbocycles. The Bertz CT molecular complexity index is 535. The number of aryl methyl sites for hydroxylation is 3. The molecular formula is C17H21NO. The second kappa shape index (κ2) is 4.52. The summed E-state index contributed by atoms with van der Waals surface area (Å²) in [5.41, 5.74) is 4.36.